The molecule has 2 fully saturated rings. The molecule has 0 aliphatic heterocycles. The lowest BCUT2D eigenvalue weighted by Crippen LogP contribution is -2.23. The summed E-state index contributed by atoms with van der Waals surface area (Å²) in [4.78, 5) is 50.5. The molecule has 2 saturated carbocycles. The molecule has 0 spiro atoms. The highest BCUT2D eigenvalue weighted by atomic mass is 16.3. The van der Waals surface area contributed by atoms with Gasteiger partial charge < -0.3 is 15.4 Å². The van der Waals surface area contributed by atoms with Crippen molar-refractivity contribution in [2.45, 2.75) is 51.6 Å². The van der Waals surface area contributed by atoms with E-state index in [0.29, 0.717) is 51.3 Å². The largest absolute Gasteiger partial charge is 0.493 e. The number of aryl methyl sites for hydroxylation is 2. The highest BCUT2D eigenvalue weighted by molar-refractivity contribution is 5.84. The molecule has 2 aromatic carbocycles. The van der Waals surface area contributed by atoms with Crippen molar-refractivity contribution in [3.8, 4) is 28.7 Å². The second kappa shape index (κ2) is 12.5. The van der Waals surface area contributed by atoms with Crippen LogP contribution in [0.1, 0.15) is 52.9 Å². The highest BCUT2D eigenvalue weighted by Gasteiger charge is 2.24. The maximum absolute atomic E-state index is 11.4. The summed E-state index contributed by atoms with van der Waals surface area (Å²) in [6.07, 6.45) is 9.88. The number of aromatic hydroxyl groups is 1. The van der Waals surface area contributed by atoms with E-state index in [2.05, 4.69) is 50.4 Å². The molecule has 7 aromatic rings. The van der Waals surface area contributed by atoms with Gasteiger partial charge in [-0.15, -0.1) is 0 Å². The molecule has 5 heterocycles. The van der Waals surface area contributed by atoms with E-state index >= 15 is 0 Å². The van der Waals surface area contributed by atoms with Gasteiger partial charge in [-0.25, -0.2) is 19.8 Å². The lowest BCUT2D eigenvalue weighted by atomic mass is 10.1. The molecule has 250 valence electrons. The zero-order chi connectivity index (χ0) is 34.4. The first-order chi connectivity index (χ1) is 24.3. The third-order valence-corrected chi connectivity index (χ3v) is 8.24. The molecule has 50 heavy (non-hydrogen) atoms. The summed E-state index contributed by atoms with van der Waals surface area (Å²) in [5.41, 5.74) is 5.89. The highest BCUT2D eigenvalue weighted by Crippen LogP contribution is 2.26. The van der Waals surface area contributed by atoms with Crippen molar-refractivity contribution in [1.29, 1.82) is 0 Å². The molecule has 0 saturated heterocycles. The summed E-state index contributed by atoms with van der Waals surface area (Å²) >= 11 is 0. The quantitative estimate of drug-likeness (QED) is 0.183. The molecule has 5 aromatic heterocycles. The van der Waals surface area contributed by atoms with Gasteiger partial charge in [-0.3, -0.25) is 9.78 Å². The lowest BCUT2D eigenvalue weighted by molar-refractivity contribution is 0.112. The van der Waals surface area contributed by atoms with E-state index in [-0.39, 0.29) is 17.6 Å². The predicted octanol–water partition coefficient (Wildman–Crippen LogP) is 2.92. The van der Waals surface area contributed by atoms with Crippen molar-refractivity contribution < 1.29 is 9.90 Å². The number of carbonyl (C=O) groups excluding carboxylic acids is 1. The van der Waals surface area contributed by atoms with Crippen LogP contribution >= 0.6 is 0 Å². The monoisotopic (exact) mass is 668 g/mol. The van der Waals surface area contributed by atoms with Crippen molar-refractivity contribution in [2.75, 3.05) is 5.32 Å². The number of aromatic nitrogens is 10. The number of hydrogen-bond donors (Lipinski definition) is 4. The Labute approximate surface area is 283 Å². The maximum Gasteiger partial charge on any atom is 0.326 e. The molecular weight excluding hydrogens is 636 g/mol. The molecule has 0 atom stereocenters. The van der Waals surface area contributed by atoms with Crippen LogP contribution in [0.2, 0.25) is 0 Å². The van der Waals surface area contributed by atoms with Crippen LogP contribution in [0.15, 0.2) is 70.7 Å². The maximum atomic E-state index is 11.4. The number of hydrogen-bond acceptors (Lipinski definition) is 11. The van der Waals surface area contributed by atoms with Crippen LogP contribution in [0.4, 0.5) is 5.95 Å². The summed E-state index contributed by atoms with van der Waals surface area (Å²) in [5.74, 6) is 1.55. The van der Waals surface area contributed by atoms with Gasteiger partial charge in [0.15, 0.2) is 29.2 Å². The van der Waals surface area contributed by atoms with Crippen LogP contribution in [-0.2, 0) is 0 Å². The molecule has 15 heteroatoms. The number of H-pyrrole nitrogens is 2. The van der Waals surface area contributed by atoms with E-state index < -0.39 is 5.69 Å². The minimum atomic E-state index is -0.486. The van der Waals surface area contributed by atoms with Crippen LogP contribution in [-0.4, -0.2) is 72.6 Å². The van der Waals surface area contributed by atoms with Gasteiger partial charge in [0, 0.05) is 22.4 Å². The smallest absolute Gasteiger partial charge is 0.326 e. The van der Waals surface area contributed by atoms with Gasteiger partial charge in [0.05, 0.1) is 24.0 Å². The summed E-state index contributed by atoms with van der Waals surface area (Å²) in [7, 11) is 0. The number of benzene rings is 2. The fraction of sp³-hybridized carbons (Fsp3) is 0.229. The van der Waals surface area contributed by atoms with Gasteiger partial charge in [0.2, 0.25) is 17.4 Å². The van der Waals surface area contributed by atoms with Crippen molar-refractivity contribution in [3.63, 3.8) is 0 Å². The molecule has 0 radical (unpaired) electrons. The molecule has 15 nitrogen and oxygen atoms in total. The molecule has 0 amide bonds. The molecular formula is C35H32N12O3. The second-order valence-electron chi connectivity index (χ2n) is 12.5. The SMILES string of the molecule is Cc1cccc(-c2nc(=NC3CC3)n3ncc(=Cc4[nH]c(=O)[nH]c4O)c3n2)c1.Cc1cccc(-c2nc(NC3CC3)n3ncc(C=O)c3n2)c1. The van der Waals surface area contributed by atoms with Crippen LogP contribution in [0, 0.1) is 13.8 Å². The standard InChI is InChI=1S/C19H17N7O2.C16H15N5O/c1-10-3-2-4-11(7-10)15-23-16-12(8-14-17(27)25-19(28)22-14)9-20-26(16)18(24-15)21-13-5-6-13;1-10-3-2-4-11(7-10)14-19-15-12(9-22)8-17-21(15)16(20-14)18-13-5-6-13/h2-4,7-9,13,27H,5-6H2,1H3,(H2,22,25,28);2-4,7-9,13H,5-6H2,1H3,(H,18,19,20). The fourth-order valence-electron chi connectivity index (χ4n) is 5.39. The third kappa shape index (κ3) is 6.35. The van der Waals surface area contributed by atoms with Gasteiger partial charge >= 0.3 is 5.69 Å². The van der Waals surface area contributed by atoms with Crippen LogP contribution < -0.4 is 21.8 Å². The van der Waals surface area contributed by atoms with Crippen molar-refractivity contribution in [2.24, 2.45) is 4.99 Å². The van der Waals surface area contributed by atoms with Gasteiger partial charge in [-0.1, -0.05) is 47.5 Å². The summed E-state index contributed by atoms with van der Waals surface area (Å²) < 4.78 is 3.19. The van der Waals surface area contributed by atoms with E-state index in [1.54, 1.807) is 21.3 Å². The molecule has 0 bridgehead atoms. The number of aromatic amines is 2. The first-order valence-corrected chi connectivity index (χ1v) is 16.3. The second-order valence-corrected chi connectivity index (χ2v) is 12.5. The zero-order valence-corrected chi connectivity index (χ0v) is 27.2. The Balaban J connectivity index is 0.000000149. The number of nitrogens with one attached hydrogen (secondary N) is 3. The first kappa shape index (κ1) is 30.8. The van der Waals surface area contributed by atoms with Crippen LogP contribution in [0.5, 0.6) is 5.88 Å². The van der Waals surface area contributed by atoms with E-state index in [1.165, 1.54) is 6.20 Å². The van der Waals surface area contributed by atoms with Gasteiger partial charge in [0.25, 0.3) is 0 Å². The van der Waals surface area contributed by atoms with Gasteiger partial charge in [-0.2, -0.15) is 29.2 Å². The number of nitrogens with zero attached hydrogens (tertiary/aromatic N) is 9. The number of fused-ring (bicyclic) bond motifs is 2. The van der Waals surface area contributed by atoms with Gasteiger partial charge in [0.1, 0.15) is 5.69 Å². The number of rotatable bonds is 7. The number of imidazole rings is 1. The molecule has 2 aliphatic carbocycles. The summed E-state index contributed by atoms with van der Waals surface area (Å²) in [6, 6.07) is 16.7. The Morgan fingerprint density at radius 2 is 1.54 bits per heavy atom. The average molecular weight is 669 g/mol. The number of aldehydes is 1. The molecule has 9 rings (SSSR count). The first-order valence-electron chi connectivity index (χ1n) is 16.3. The Kier molecular flexibility index (Phi) is 7.70. The van der Waals surface area contributed by atoms with Crippen molar-refractivity contribution in [1.82, 2.24) is 49.1 Å². The number of anilines is 1. The Bertz CT molecular complexity index is 2590. The lowest BCUT2D eigenvalue weighted by Gasteiger charge is -2.09. The number of carbonyl (C=O) groups is 1. The minimum absolute atomic E-state index is 0.236. The summed E-state index contributed by atoms with van der Waals surface area (Å²) in [6.45, 7) is 4.04. The van der Waals surface area contributed by atoms with Crippen molar-refractivity contribution in [3.05, 3.63) is 105 Å². The van der Waals surface area contributed by atoms with E-state index in [9.17, 15) is 14.7 Å². The fourth-order valence-corrected chi connectivity index (χ4v) is 5.39. The van der Waals surface area contributed by atoms with E-state index in [1.807, 2.05) is 62.4 Å². The van der Waals surface area contributed by atoms with Crippen molar-refractivity contribution >= 4 is 29.6 Å². The predicted molar refractivity (Wildman–Crippen MR) is 184 cm³/mol. The Hall–Kier alpha value is -6.51. The van der Waals surface area contributed by atoms with E-state index in [0.717, 1.165) is 54.2 Å². The van der Waals surface area contributed by atoms with E-state index in [4.69, 9.17) is 0 Å². The normalized spacial score (nSPS) is 15.0. The van der Waals surface area contributed by atoms with Crippen LogP contribution in [0.25, 0.3) is 40.1 Å². The molecule has 2 aliphatic rings. The average Bonchev–Trinajstić information content (AvgIpc) is 4.00. The Morgan fingerprint density at radius 1 is 0.860 bits per heavy atom. The Morgan fingerprint density at radius 3 is 2.16 bits per heavy atom. The minimum Gasteiger partial charge on any atom is -0.493 e. The summed E-state index contributed by atoms with van der Waals surface area (Å²) in [5, 5.41) is 22.4. The molecule has 4 N–H and O–H groups in total. The topological polar surface area (TPSA) is 196 Å². The molecule has 0 unspecified atom stereocenters. The zero-order valence-electron chi connectivity index (χ0n) is 27.2. The van der Waals surface area contributed by atoms with Crippen LogP contribution in [0.3, 0.4) is 0 Å². The van der Waals surface area contributed by atoms with Gasteiger partial charge in [-0.05, 0) is 57.7 Å². The third-order valence-electron chi connectivity index (χ3n) is 8.24.